The van der Waals surface area contributed by atoms with Crippen LogP contribution in [0.15, 0.2) is 0 Å². The molecule has 0 aliphatic heterocycles. The zero-order chi connectivity index (χ0) is 4.50. The first-order valence-electron chi connectivity index (χ1n) is 1.69. The topological polar surface area (TPSA) is 35.0 Å². The van der Waals surface area contributed by atoms with Crippen LogP contribution in [0, 0.1) is 0 Å². The molecule has 3 heteroatoms. The van der Waals surface area contributed by atoms with Gasteiger partial charge in [0.05, 0.1) is 0 Å². The van der Waals surface area contributed by atoms with E-state index in [1.807, 2.05) is 20.8 Å². The Balaban J connectivity index is -0.0000000800. The van der Waals surface area contributed by atoms with Crippen molar-refractivity contribution in [2.75, 3.05) is 0 Å². The normalized spacial score (nSPS) is 8.57. The molecule has 0 unspecified atom stereocenters. The van der Waals surface area contributed by atoms with Crippen molar-refractivity contribution in [3.05, 3.63) is 0 Å². The Morgan fingerprint density at radius 1 is 1.14 bits per heavy atom. The van der Waals surface area contributed by atoms with Crippen molar-refractivity contribution in [3.8, 4) is 0 Å². The summed E-state index contributed by atoms with van der Waals surface area (Å²) in [4.78, 5) is -0.0278. The molecule has 3 N–H and O–H groups in total. The summed E-state index contributed by atoms with van der Waals surface area (Å²) in [6.07, 6.45) is 0. The van der Waals surface area contributed by atoms with E-state index in [-0.39, 0.29) is 23.4 Å². The van der Waals surface area contributed by atoms with Gasteiger partial charge in [0, 0.05) is 4.87 Å². The summed E-state index contributed by atoms with van der Waals surface area (Å²) in [7, 11) is 0. The molecule has 0 aromatic carbocycles. The van der Waals surface area contributed by atoms with Gasteiger partial charge >= 0.3 is 0 Å². The summed E-state index contributed by atoms with van der Waals surface area (Å²) < 4.78 is 0. The van der Waals surface area contributed by atoms with Crippen LogP contribution in [0.3, 0.4) is 0 Å². The van der Waals surface area contributed by atoms with Crippen molar-refractivity contribution in [2.45, 2.75) is 25.6 Å². The van der Waals surface area contributed by atoms with E-state index in [9.17, 15) is 0 Å². The fourth-order valence-corrected chi connectivity index (χ4v) is 0. The summed E-state index contributed by atoms with van der Waals surface area (Å²) in [5, 5.41) is 0. The van der Waals surface area contributed by atoms with E-state index in [1.54, 1.807) is 0 Å². The maximum atomic E-state index is 5.53. The Labute approximate surface area is 56.4 Å². The van der Waals surface area contributed by atoms with Gasteiger partial charge in [0.2, 0.25) is 0 Å². The number of hydrogen-bond acceptors (Lipinski definition) is 1. The molecule has 0 aromatic rings. The molecule has 0 fully saturated rings. The Kier molecular flexibility index (Phi) is 10.5. The summed E-state index contributed by atoms with van der Waals surface area (Å²) in [5.41, 5.74) is 0. The lowest BCUT2D eigenvalue weighted by Gasteiger charge is -2.01. The van der Waals surface area contributed by atoms with Gasteiger partial charge in [-0.1, -0.05) is 0 Å². The third-order valence-corrected chi connectivity index (χ3v) is 0. The quantitative estimate of drug-likeness (QED) is 0.523. The van der Waals surface area contributed by atoms with Gasteiger partial charge in [-0.2, -0.15) is 0 Å². The molecule has 0 atom stereocenters. The SMILES string of the molecule is CC(C)(C)Cl.Cl.N. The predicted molar refractivity (Wildman–Crippen MR) is 37.9 cm³/mol. The molecular weight excluding hydrogens is 133 g/mol. The maximum absolute atomic E-state index is 5.53. The van der Waals surface area contributed by atoms with E-state index in [0.717, 1.165) is 0 Å². The average molecular weight is 146 g/mol. The average Bonchev–Trinajstić information content (AvgIpc) is 0.722. The molecule has 0 saturated carbocycles. The van der Waals surface area contributed by atoms with Crippen LogP contribution in [0.5, 0.6) is 0 Å². The van der Waals surface area contributed by atoms with Crippen LogP contribution in [-0.4, -0.2) is 4.87 Å². The highest BCUT2D eigenvalue weighted by Gasteiger charge is 1.99. The summed E-state index contributed by atoms with van der Waals surface area (Å²) in [6.45, 7) is 5.86. The van der Waals surface area contributed by atoms with Gasteiger partial charge in [-0.25, -0.2) is 0 Å². The minimum atomic E-state index is -0.0278. The fraction of sp³-hybridized carbons (Fsp3) is 1.00. The fourth-order valence-electron chi connectivity index (χ4n) is 0. The van der Waals surface area contributed by atoms with Crippen LogP contribution in [0.4, 0.5) is 0 Å². The van der Waals surface area contributed by atoms with Crippen molar-refractivity contribution in [1.29, 1.82) is 0 Å². The number of alkyl halides is 1. The third-order valence-electron chi connectivity index (χ3n) is 0. The van der Waals surface area contributed by atoms with E-state index in [0.29, 0.717) is 0 Å². The van der Waals surface area contributed by atoms with Gasteiger partial charge in [0.15, 0.2) is 0 Å². The molecule has 0 bridgehead atoms. The van der Waals surface area contributed by atoms with E-state index >= 15 is 0 Å². The van der Waals surface area contributed by atoms with Gasteiger partial charge in [-0.15, -0.1) is 24.0 Å². The molecule has 7 heavy (non-hydrogen) atoms. The highest BCUT2D eigenvalue weighted by molar-refractivity contribution is 6.23. The third kappa shape index (κ3) is 462. The van der Waals surface area contributed by atoms with Crippen LogP contribution in [-0.2, 0) is 0 Å². The molecule has 48 valence electrons. The molecule has 0 saturated heterocycles. The number of halogens is 2. The van der Waals surface area contributed by atoms with Crippen molar-refractivity contribution >= 4 is 24.0 Å². The molecule has 0 amide bonds. The van der Waals surface area contributed by atoms with Crippen LogP contribution in [0.25, 0.3) is 0 Å². The predicted octanol–water partition coefficient (Wildman–Crippen LogP) is 2.61. The molecule has 0 aliphatic carbocycles. The molecule has 0 heterocycles. The minimum Gasteiger partial charge on any atom is -0.344 e. The van der Waals surface area contributed by atoms with Crippen molar-refractivity contribution in [2.24, 2.45) is 0 Å². The van der Waals surface area contributed by atoms with Gasteiger partial charge in [-0.3, -0.25) is 0 Å². The molecule has 0 spiro atoms. The summed E-state index contributed by atoms with van der Waals surface area (Å²) in [5.74, 6) is 0. The standard InChI is InChI=1S/C4H9Cl.ClH.H3N/c1-4(2,3)5;;/h1-3H3;1H;1H3. The zero-order valence-corrected chi connectivity index (χ0v) is 6.57. The van der Waals surface area contributed by atoms with Crippen LogP contribution < -0.4 is 6.15 Å². The summed E-state index contributed by atoms with van der Waals surface area (Å²) in [6, 6.07) is 0. The largest absolute Gasteiger partial charge is 0.344 e. The first-order chi connectivity index (χ1) is 2.00. The smallest absolute Gasteiger partial charge is 0.0362 e. The molecular formula is C4H13Cl2N. The zero-order valence-electron chi connectivity index (χ0n) is 4.99. The van der Waals surface area contributed by atoms with Crippen molar-refractivity contribution in [1.82, 2.24) is 6.15 Å². The highest BCUT2D eigenvalue weighted by Crippen LogP contribution is 2.07. The number of rotatable bonds is 0. The van der Waals surface area contributed by atoms with Gasteiger partial charge in [0.1, 0.15) is 0 Å². The van der Waals surface area contributed by atoms with E-state index in [1.165, 1.54) is 0 Å². The van der Waals surface area contributed by atoms with Crippen LogP contribution >= 0.6 is 24.0 Å². The second-order valence-electron chi connectivity index (χ2n) is 2.07. The highest BCUT2D eigenvalue weighted by atomic mass is 35.5. The second kappa shape index (κ2) is 4.69. The molecule has 0 rings (SSSR count). The molecule has 0 aliphatic rings. The van der Waals surface area contributed by atoms with Crippen molar-refractivity contribution < 1.29 is 0 Å². The number of hydrogen-bond donors (Lipinski definition) is 1. The molecule has 1 nitrogen and oxygen atoms in total. The summed E-state index contributed by atoms with van der Waals surface area (Å²) >= 11 is 5.53. The maximum Gasteiger partial charge on any atom is 0.0362 e. The minimum absolute atomic E-state index is 0. The van der Waals surface area contributed by atoms with Crippen LogP contribution in [0.1, 0.15) is 20.8 Å². The lowest BCUT2D eigenvalue weighted by atomic mass is 10.3. The van der Waals surface area contributed by atoms with Gasteiger partial charge < -0.3 is 6.15 Å². The molecule has 0 aromatic heterocycles. The lowest BCUT2D eigenvalue weighted by Crippen LogP contribution is -1.99. The monoisotopic (exact) mass is 145 g/mol. The Bertz CT molecular complexity index is 25.2. The van der Waals surface area contributed by atoms with Crippen molar-refractivity contribution in [3.63, 3.8) is 0 Å². The van der Waals surface area contributed by atoms with Gasteiger partial charge in [0.25, 0.3) is 0 Å². The second-order valence-corrected chi connectivity index (χ2v) is 3.20. The van der Waals surface area contributed by atoms with E-state index in [2.05, 4.69) is 0 Å². The van der Waals surface area contributed by atoms with Gasteiger partial charge in [-0.05, 0) is 20.8 Å². The first kappa shape index (κ1) is 15.6. The molecule has 0 radical (unpaired) electrons. The Hall–Kier alpha value is 0.540. The van der Waals surface area contributed by atoms with E-state index < -0.39 is 0 Å². The van der Waals surface area contributed by atoms with E-state index in [4.69, 9.17) is 11.6 Å². The lowest BCUT2D eigenvalue weighted by molar-refractivity contribution is 0.788. The Morgan fingerprint density at radius 3 is 1.14 bits per heavy atom. The Morgan fingerprint density at radius 2 is 1.14 bits per heavy atom. The first-order valence-corrected chi connectivity index (χ1v) is 2.07. The van der Waals surface area contributed by atoms with Crippen LogP contribution in [0.2, 0.25) is 0 Å².